The van der Waals surface area contributed by atoms with Crippen molar-refractivity contribution in [2.45, 2.75) is 32.8 Å². The summed E-state index contributed by atoms with van der Waals surface area (Å²) >= 11 is 0. The number of nitrogens with zero attached hydrogens (tertiary/aromatic N) is 2. The van der Waals surface area contributed by atoms with E-state index >= 15 is 0 Å². The molecule has 6 heteroatoms. The Morgan fingerprint density at radius 2 is 2.35 bits per heavy atom. The van der Waals surface area contributed by atoms with Crippen LogP contribution in [0, 0.1) is 13.8 Å². The van der Waals surface area contributed by atoms with Gasteiger partial charge in [0.2, 0.25) is 5.91 Å². The summed E-state index contributed by atoms with van der Waals surface area (Å²) in [4.78, 5) is 14.3. The molecule has 1 unspecified atom stereocenters. The molecule has 1 aromatic rings. The summed E-state index contributed by atoms with van der Waals surface area (Å²) in [5.74, 6) is 0.142. The molecule has 0 saturated carbocycles. The maximum absolute atomic E-state index is 12.4. The molecule has 0 aromatic carbocycles. The maximum Gasteiger partial charge on any atom is 0.227 e. The summed E-state index contributed by atoms with van der Waals surface area (Å²) in [5.41, 5.74) is 2.88. The van der Waals surface area contributed by atoms with Gasteiger partial charge < -0.3 is 14.4 Å². The zero-order valence-electron chi connectivity index (χ0n) is 12.4. The summed E-state index contributed by atoms with van der Waals surface area (Å²) < 4.78 is 10.7. The van der Waals surface area contributed by atoms with Crippen LogP contribution < -0.4 is 0 Å². The lowest BCUT2D eigenvalue weighted by atomic mass is 10.1. The predicted octanol–water partition coefficient (Wildman–Crippen LogP) is 0.833. The molecule has 1 amide bonds. The summed E-state index contributed by atoms with van der Waals surface area (Å²) in [6, 6.07) is 0. The van der Waals surface area contributed by atoms with Crippen molar-refractivity contribution in [2.24, 2.45) is 0 Å². The second kappa shape index (κ2) is 6.85. The van der Waals surface area contributed by atoms with Crippen LogP contribution in [0.1, 0.15) is 23.4 Å². The van der Waals surface area contributed by atoms with E-state index in [9.17, 15) is 4.79 Å². The maximum atomic E-state index is 12.4. The lowest BCUT2D eigenvalue weighted by Crippen LogP contribution is -2.46. The van der Waals surface area contributed by atoms with E-state index in [1.807, 2.05) is 18.7 Å². The molecular formula is C14H23N3O3. The predicted molar refractivity (Wildman–Crippen MR) is 74.6 cm³/mol. The molecule has 2 heterocycles. The minimum Gasteiger partial charge on any atom is -0.385 e. The molecule has 1 aliphatic heterocycles. The van der Waals surface area contributed by atoms with E-state index in [1.165, 1.54) is 0 Å². The minimum absolute atomic E-state index is 0.0826. The highest BCUT2D eigenvalue weighted by Crippen LogP contribution is 2.14. The second-order valence-corrected chi connectivity index (χ2v) is 5.20. The molecular weight excluding hydrogens is 258 g/mol. The van der Waals surface area contributed by atoms with Crippen molar-refractivity contribution in [3.05, 3.63) is 17.0 Å². The number of aryl methyl sites for hydroxylation is 2. The number of aromatic amines is 1. The van der Waals surface area contributed by atoms with Crippen molar-refractivity contribution in [1.82, 2.24) is 15.1 Å². The lowest BCUT2D eigenvalue weighted by Gasteiger charge is -2.33. The van der Waals surface area contributed by atoms with Gasteiger partial charge in [-0.3, -0.25) is 9.89 Å². The van der Waals surface area contributed by atoms with Gasteiger partial charge in [0, 0.05) is 38.1 Å². The van der Waals surface area contributed by atoms with Gasteiger partial charge in [-0.15, -0.1) is 0 Å². The van der Waals surface area contributed by atoms with Gasteiger partial charge in [0.15, 0.2) is 0 Å². The third kappa shape index (κ3) is 3.58. The molecule has 20 heavy (non-hydrogen) atoms. The van der Waals surface area contributed by atoms with Crippen LogP contribution in [0.3, 0.4) is 0 Å². The fourth-order valence-corrected chi connectivity index (χ4v) is 2.47. The monoisotopic (exact) mass is 281 g/mol. The molecule has 1 aromatic heterocycles. The van der Waals surface area contributed by atoms with Gasteiger partial charge in [-0.2, -0.15) is 5.10 Å². The Bertz CT molecular complexity index is 439. The van der Waals surface area contributed by atoms with Gasteiger partial charge in [-0.05, 0) is 20.3 Å². The third-order valence-electron chi connectivity index (χ3n) is 3.74. The molecule has 2 rings (SSSR count). The average Bonchev–Trinajstić information content (AvgIpc) is 2.77. The van der Waals surface area contributed by atoms with Crippen LogP contribution in [0.2, 0.25) is 0 Å². The molecule has 1 saturated heterocycles. The summed E-state index contributed by atoms with van der Waals surface area (Å²) in [6.07, 6.45) is 1.31. The SMILES string of the molecule is COCCC1CN(C(=O)Cc2c(C)n[nH]c2C)CCO1. The van der Waals surface area contributed by atoms with E-state index in [4.69, 9.17) is 9.47 Å². The first kappa shape index (κ1) is 15.0. The Hall–Kier alpha value is -1.40. The van der Waals surface area contributed by atoms with Gasteiger partial charge in [0.1, 0.15) is 0 Å². The fraction of sp³-hybridized carbons (Fsp3) is 0.714. The van der Waals surface area contributed by atoms with Crippen LogP contribution in [-0.4, -0.2) is 60.5 Å². The number of H-pyrrole nitrogens is 1. The number of carbonyl (C=O) groups is 1. The average molecular weight is 281 g/mol. The van der Waals surface area contributed by atoms with E-state index in [1.54, 1.807) is 7.11 Å². The Morgan fingerprint density at radius 3 is 3.00 bits per heavy atom. The van der Waals surface area contributed by atoms with Crippen molar-refractivity contribution in [2.75, 3.05) is 33.4 Å². The zero-order chi connectivity index (χ0) is 14.5. The van der Waals surface area contributed by atoms with E-state index in [-0.39, 0.29) is 12.0 Å². The summed E-state index contributed by atoms with van der Waals surface area (Å²) in [6.45, 7) is 6.45. The molecule has 1 fully saturated rings. The van der Waals surface area contributed by atoms with Gasteiger partial charge in [0.05, 0.1) is 24.8 Å². The van der Waals surface area contributed by atoms with Crippen molar-refractivity contribution >= 4 is 5.91 Å². The number of amides is 1. The van der Waals surface area contributed by atoms with Crippen molar-refractivity contribution in [1.29, 1.82) is 0 Å². The Balaban J connectivity index is 1.92. The van der Waals surface area contributed by atoms with Crippen LogP contribution in [0.15, 0.2) is 0 Å². The normalized spacial score (nSPS) is 19.4. The summed E-state index contributed by atoms with van der Waals surface area (Å²) in [7, 11) is 1.68. The minimum atomic E-state index is 0.0826. The standard InChI is InChI=1S/C14H23N3O3/c1-10-13(11(2)16-15-10)8-14(18)17-5-7-20-12(9-17)4-6-19-3/h12H,4-9H2,1-3H3,(H,15,16). The highest BCUT2D eigenvalue weighted by Gasteiger charge is 2.25. The first-order chi connectivity index (χ1) is 9.61. The van der Waals surface area contributed by atoms with Crippen molar-refractivity contribution in [3.63, 3.8) is 0 Å². The number of carbonyl (C=O) groups excluding carboxylic acids is 1. The molecule has 0 bridgehead atoms. The van der Waals surface area contributed by atoms with E-state index < -0.39 is 0 Å². The largest absolute Gasteiger partial charge is 0.385 e. The Labute approximate surface area is 119 Å². The summed E-state index contributed by atoms with van der Waals surface area (Å²) in [5, 5.41) is 7.05. The van der Waals surface area contributed by atoms with Gasteiger partial charge in [0.25, 0.3) is 0 Å². The number of nitrogens with one attached hydrogen (secondary N) is 1. The van der Waals surface area contributed by atoms with Crippen LogP contribution in [0.5, 0.6) is 0 Å². The van der Waals surface area contributed by atoms with Crippen LogP contribution in [0.4, 0.5) is 0 Å². The molecule has 1 atom stereocenters. The van der Waals surface area contributed by atoms with Gasteiger partial charge in [-0.1, -0.05) is 0 Å². The van der Waals surface area contributed by atoms with Gasteiger partial charge >= 0.3 is 0 Å². The molecule has 0 radical (unpaired) electrons. The Morgan fingerprint density at radius 1 is 1.55 bits per heavy atom. The third-order valence-corrected chi connectivity index (χ3v) is 3.74. The first-order valence-corrected chi connectivity index (χ1v) is 7.00. The van der Waals surface area contributed by atoms with E-state index in [0.717, 1.165) is 23.4 Å². The lowest BCUT2D eigenvalue weighted by molar-refractivity contribution is -0.138. The molecule has 0 spiro atoms. The number of ether oxygens (including phenoxy) is 2. The van der Waals surface area contributed by atoms with E-state index in [2.05, 4.69) is 10.2 Å². The second-order valence-electron chi connectivity index (χ2n) is 5.20. The number of methoxy groups -OCH3 is 1. The number of aromatic nitrogens is 2. The smallest absolute Gasteiger partial charge is 0.227 e. The zero-order valence-corrected chi connectivity index (χ0v) is 12.4. The first-order valence-electron chi connectivity index (χ1n) is 7.00. The van der Waals surface area contributed by atoms with E-state index in [0.29, 0.717) is 32.7 Å². The molecule has 112 valence electrons. The van der Waals surface area contributed by atoms with Crippen molar-refractivity contribution < 1.29 is 14.3 Å². The number of morpholine rings is 1. The fourth-order valence-electron chi connectivity index (χ4n) is 2.47. The topological polar surface area (TPSA) is 67.5 Å². The van der Waals surface area contributed by atoms with Crippen LogP contribution >= 0.6 is 0 Å². The highest BCUT2D eigenvalue weighted by molar-refractivity contribution is 5.79. The molecule has 1 aliphatic rings. The highest BCUT2D eigenvalue weighted by atomic mass is 16.5. The van der Waals surface area contributed by atoms with Crippen LogP contribution in [0.25, 0.3) is 0 Å². The molecule has 6 nitrogen and oxygen atoms in total. The number of hydrogen-bond acceptors (Lipinski definition) is 4. The molecule has 0 aliphatic carbocycles. The quantitative estimate of drug-likeness (QED) is 0.868. The van der Waals surface area contributed by atoms with Crippen molar-refractivity contribution in [3.8, 4) is 0 Å². The van der Waals surface area contributed by atoms with Crippen LogP contribution in [-0.2, 0) is 20.7 Å². The Kier molecular flexibility index (Phi) is 5.14. The van der Waals surface area contributed by atoms with Gasteiger partial charge in [-0.25, -0.2) is 0 Å². The number of hydrogen-bond donors (Lipinski definition) is 1. The molecule has 1 N–H and O–H groups in total. The number of rotatable bonds is 5.